The predicted octanol–water partition coefficient (Wildman–Crippen LogP) is 3.55. The summed E-state index contributed by atoms with van der Waals surface area (Å²) in [6, 6.07) is 15.2. The summed E-state index contributed by atoms with van der Waals surface area (Å²) in [5.41, 5.74) is 0.843. The van der Waals surface area contributed by atoms with Crippen LogP contribution in [0.3, 0.4) is 0 Å². The highest BCUT2D eigenvalue weighted by Crippen LogP contribution is 2.35. The van der Waals surface area contributed by atoms with Crippen LogP contribution in [0.5, 0.6) is 0 Å². The van der Waals surface area contributed by atoms with Crippen molar-refractivity contribution in [3.8, 4) is 0 Å². The fourth-order valence-electron chi connectivity index (χ4n) is 2.55. The first-order chi connectivity index (χ1) is 13.7. The Kier molecular flexibility index (Phi) is 5.49. The highest BCUT2D eigenvalue weighted by molar-refractivity contribution is 8.00. The topological polar surface area (TPSA) is 98.7 Å². The third-order valence-corrected chi connectivity index (χ3v) is 5.91. The molecule has 4 aromatic rings. The number of carbonyl (C=O) groups is 1. The lowest BCUT2D eigenvalue weighted by molar-refractivity contribution is -0.115. The van der Waals surface area contributed by atoms with Crippen LogP contribution in [0.15, 0.2) is 63.6 Å². The molecule has 142 valence electrons. The van der Waals surface area contributed by atoms with Crippen molar-refractivity contribution in [2.75, 3.05) is 5.32 Å². The number of amides is 1. The van der Waals surface area contributed by atoms with Crippen molar-refractivity contribution in [3.63, 3.8) is 0 Å². The Balaban J connectivity index is 1.58. The van der Waals surface area contributed by atoms with Gasteiger partial charge in [0.15, 0.2) is 5.82 Å². The van der Waals surface area contributed by atoms with Crippen molar-refractivity contribution in [1.82, 2.24) is 25.4 Å². The second-order valence-corrected chi connectivity index (χ2v) is 8.02. The summed E-state index contributed by atoms with van der Waals surface area (Å²) in [7, 11) is 0. The van der Waals surface area contributed by atoms with Gasteiger partial charge in [-0.15, -0.1) is 16.4 Å². The number of thiophene rings is 1. The van der Waals surface area contributed by atoms with E-state index in [4.69, 9.17) is 4.52 Å². The maximum absolute atomic E-state index is 13.0. The molecule has 10 heteroatoms. The van der Waals surface area contributed by atoms with Gasteiger partial charge in [-0.05, 0) is 34.4 Å². The van der Waals surface area contributed by atoms with Crippen LogP contribution in [0.4, 0.5) is 5.82 Å². The van der Waals surface area contributed by atoms with Crippen LogP contribution in [-0.4, -0.2) is 31.3 Å². The number of hydrogen-bond donors (Lipinski definition) is 1. The van der Waals surface area contributed by atoms with Crippen molar-refractivity contribution in [2.45, 2.75) is 23.9 Å². The highest BCUT2D eigenvalue weighted by atomic mass is 32.2. The molecule has 1 amide bonds. The predicted molar refractivity (Wildman–Crippen MR) is 106 cm³/mol. The molecule has 3 aromatic heterocycles. The molecule has 0 fully saturated rings. The lowest BCUT2D eigenvalue weighted by atomic mass is 10.1. The molecule has 0 bridgehead atoms. The van der Waals surface area contributed by atoms with Crippen LogP contribution in [-0.2, 0) is 11.3 Å². The second-order valence-electron chi connectivity index (χ2n) is 5.92. The van der Waals surface area contributed by atoms with Gasteiger partial charge in [0.1, 0.15) is 11.0 Å². The van der Waals surface area contributed by atoms with E-state index in [1.165, 1.54) is 11.8 Å². The van der Waals surface area contributed by atoms with Crippen molar-refractivity contribution in [2.24, 2.45) is 0 Å². The number of tetrazole rings is 1. The van der Waals surface area contributed by atoms with Crippen molar-refractivity contribution >= 4 is 34.8 Å². The minimum Gasteiger partial charge on any atom is -0.360 e. The molecule has 4 rings (SSSR count). The number of rotatable bonds is 7. The number of anilines is 1. The van der Waals surface area contributed by atoms with Gasteiger partial charge in [-0.25, -0.2) is 4.68 Å². The number of aromatic nitrogens is 5. The molecule has 1 unspecified atom stereocenters. The Morgan fingerprint density at radius 1 is 1.29 bits per heavy atom. The van der Waals surface area contributed by atoms with Gasteiger partial charge in [0.25, 0.3) is 0 Å². The van der Waals surface area contributed by atoms with E-state index in [9.17, 15) is 4.79 Å². The lowest BCUT2D eigenvalue weighted by Gasteiger charge is -2.15. The minimum absolute atomic E-state index is 0.227. The van der Waals surface area contributed by atoms with Gasteiger partial charge in [-0.1, -0.05) is 53.3 Å². The van der Waals surface area contributed by atoms with E-state index in [1.54, 1.807) is 29.0 Å². The van der Waals surface area contributed by atoms with E-state index in [1.807, 2.05) is 47.8 Å². The molecule has 1 aromatic carbocycles. The monoisotopic (exact) mass is 412 g/mol. The normalized spacial score (nSPS) is 12.0. The molecular formula is C18H16N6O2S2. The molecule has 8 nitrogen and oxygen atoms in total. The van der Waals surface area contributed by atoms with Crippen LogP contribution < -0.4 is 5.32 Å². The summed E-state index contributed by atoms with van der Waals surface area (Å²) in [6.45, 7) is 2.32. The van der Waals surface area contributed by atoms with Gasteiger partial charge in [0.2, 0.25) is 11.1 Å². The third kappa shape index (κ3) is 4.29. The summed E-state index contributed by atoms with van der Waals surface area (Å²) >= 11 is 2.92. The maximum Gasteiger partial charge on any atom is 0.243 e. The zero-order valence-corrected chi connectivity index (χ0v) is 16.5. The lowest BCUT2D eigenvalue weighted by Crippen LogP contribution is -2.20. The fraction of sp³-hybridized carbons (Fsp3) is 0.167. The number of thioether (sulfide) groups is 1. The maximum atomic E-state index is 13.0. The molecule has 0 radical (unpaired) electrons. The van der Waals surface area contributed by atoms with Gasteiger partial charge in [-0.2, -0.15) is 0 Å². The van der Waals surface area contributed by atoms with Crippen LogP contribution in [0.2, 0.25) is 0 Å². The molecule has 3 heterocycles. The average molecular weight is 413 g/mol. The Hall–Kier alpha value is -2.98. The van der Waals surface area contributed by atoms with Gasteiger partial charge in [-0.3, -0.25) is 4.79 Å². The third-order valence-electron chi connectivity index (χ3n) is 3.83. The molecule has 1 atom stereocenters. The number of carbonyl (C=O) groups excluding carboxylic acids is 1. The molecule has 0 spiro atoms. The summed E-state index contributed by atoms with van der Waals surface area (Å²) in [6.07, 6.45) is 0. The van der Waals surface area contributed by atoms with E-state index in [0.717, 1.165) is 10.4 Å². The number of benzene rings is 1. The zero-order valence-electron chi connectivity index (χ0n) is 14.8. The Bertz CT molecular complexity index is 1050. The van der Waals surface area contributed by atoms with Crippen molar-refractivity contribution in [1.29, 1.82) is 0 Å². The van der Waals surface area contributed by atoms with E-state index in [2.05, 4.69) is 26.0 Å². The van der Waals surface area contributed by atoms with Crippen molar-refractivity contribution in [3.05, 3.63) is 70.1 Å². The first-order valence-corrected chi connectivity index (χ1v) is 10.2. The molecular weight excluding hydrogens is 396 g/mol. The van der Waals surface area contributed by atoms with Crippen LogP contribution in [0, 0.1) is 6.92 Å². The van der Waals surface area contributed by atoms with Gasteiger partial charge in [0, 0.05) is 10.9 Å². The van der Waals surface area contributed by atoms with Gasteiger partial charge >= 0.3 is 0 Å². The largest absolute Gasteiger partial charge is 0.360 e. The number of nitrogens with zero attached hydrogens (tertiary/aromatic N) is 5. The molecule has 0 saturated carbocycles. The summed E-state index contributed by atoms with van der Waals surface area (Å²) in [5, 5.41) is 20.6. The first kappa shape index (κ1) is 18.4. The van der Waals surface area contributed by atoms with Gasteiger partial charge in [0.05, 0.1) is 6.54 Å². The SMILES string of the molecule is Cc1cc(NC(=O)C(Sc2nnnn2Cc2cccs2)c2ccccc2)no1. The first-order valence-electron chi connectivity index (χ1n) is 8.43. The Morgan fingerprint density at radius 3 is 2.86 bits per heavy atom. The standard InChI is InChI=1S/C18H16N6O2S2/c1-12-10-15(21-26-12)19-17(25)16(13-6-3-2-4-7-13)28-18-20-22-23-24(18)11-14-8-5-9-27-14/h2-10,16H,11H2,1H3,(H,19,21,25). The van der Waals surface area contributed by atoms with Gasteiger partial charge < -0.3 is 9.84 Å². The zero-order chi connectivity index (χ0) is 19.3. The summed E-state index contributed by atoms with van der Waals surface area (Å²) in [5.74, 6) is 0.775. The summed E-state index contributed by atoms with van der Waals surface area (Å²) in [4.78, 5) is 14.1. The Morgan fingerprint density at radius 2 is 2.14 bits per heavy atom. The number of nitrogens with one attached hydrogen (secondary N) is 1. The van der Waals surface area contributed by atoms with Crippen LogP contribution >= 0.6 is 23.1 Å². The highest BCUT2D eigenvalue weighted by Gasteiger charge is 2.26. The number of aryl methyl sites for hydroxylation is 1. The smallest absolute Gasteiger partial charge is 0.243 e. The quantitative estimate of drug-likeness (QED) is 0.463. The molecule has 0 aliphatic heterocycles. The van der Waals surface area contributed by atoms with E-state index < -0.39 is 5.25 Å². The minimum atomic E-state index is -0.550. The number of hydrogen-bond acceptors (Lipinski definition) is 8. The average Bonchev–Trinajstić information content (AvgIpc) is 3.45. The fourth-order valence-corrected chi connectivity index (χ4v) is 4.22. The summed E-state index contributed by atoms with van der Waals surface area (Å²) < 4.78 is 6.72. The van der Waals surface area contributed by atoms with Crippen LogP contribution in [0.1, 0.15) is 21.5 Å². The second kappa shape index (κ2) is 8.36. The Labute approximate surface area is 168 Å². The molecule has 1 N–H and O–H groups in total. The molecule has 0 aliphatic carbocycles. The van der Waals surface area contributed by atoms with E-state index in [-0.39, 0.29) is 5.91 Å². The molecule has 28 heavy (non-hydrogen) atoms. The molecule has 0 saturated heterocycles. The van der Waals surface area contributed by atoms with E-state index >= 15 is 0 Å². The van der Waals surface area contributed by atoms with Crippen LogP contribution in [0.25, 0.3) is 0 Å². The van der Waals surface area contributed by atoms with E-state index in [0.29, 0.717) is 23.3 Å². The van der Waals surface area contributed by atoms with Crippen molar-refractivity contribution < 1.29 is 9.32 Å². The molecule has 0 aliphatic rings.